The summed E-state index contributed by atoms with van der Waals surface area (Å²) in [7, 11) is 1.24. The van der Waals surface area contributed by atoms with Crippen molar-refractivity contribution < 1.29 is 9.53 Å². The summed E-state index contributed by atoms with van der Waals surface area (Å²) in [6.07, 6.45) is 2.05. The minimum absolute atomic E-state index is 0.244. The Morgan fingerprint density at radius 1 is 1.35 bits per heavy atom. The summed E-state index contributed by atoms with van der Waals surface area (Å²) in [5.41, 5.74) is 1.50. The van der Waals surface area contributed by atoms with Gasteiger partial charge in [-0.3, -0.25) is 4.79 Å². The van der Waals surface area contributed by atoms with Crippen LogP contribution < -0.4 is 0 Å². The SMILES string of the molecule is COC(=O)C(C#N)c1nc2ccccc2nc1Sc1nnnn1C1CC1. The second-order valence-corrected chi connectivity index (χ2v) is 6.68. The monoisotopic (exact) mass is 367 g/mol. The maximum Gasteiger partial charge on any atom is 0.329 e. The molecule has 2 heterocycles. The van der Waals surface area contributed by atoms with Crippen molar-refractivity contribution >= 4 is 28.8 Å². The quantitative estimate of drug-likeness (QED) is 0.622. The highest BCUT2D eigenvalue weighted by atomic mass is 32.2. The number of hydrogen-bond acceptors (Lipinski definition) is 9. The van der Waals surface area contributed by atoms with E-state index in [0.717, 1.165) is 12.8 Å². The first kappa shape index (κ1) is 16.4. The fourth-order valence-electron chi connectivity index (χ4n) is 2.49. The number of hydrogen-bond donors (Lipinski definition) is 0. The van der Waals surface area contributed by atoms with Crippen LogP contribution in [0, 0.1) is 11.3 Å². The number of benzene rings is 1. The van der Waals surface area contributed by atoms with E-state index >= 15 is 0 Å². The van der Waals surface area contributed by atoms with Crippen molar-refractivity contribution in [2.24, 2.45) is 0 Å². The molecule has 1 aromatic carbocycles. The molecule has 0 aliphatic heterocycles. The van der Waals surface area contributed by atoms with E-state index in [2.05, 4.69) is 25.5 Å². The molecular formula is C16H13N7O2S. The Kier molecular flexibility index (Phi) is 4.22. The standard InChI is InChI=1S/C16H13N7O2S/c1-25-15(24)10(8-17)13-14(19-12-5-3-2-4-11(12)18-13)26-16-20-21-22-23(16)9-6-7-9/h2-5,9-10H,6-7H2,1H3. The number of nitriles is 1. The van der Waals surface area contributed by atoms with Crippen LogP contribution in [-0.2, 0) is 9.53 Å². The fourth-order valence-corrected chi connectivity index (χ4v) is 3.43. The largest absolute Gasteiger partial charge is 0.468 e. The third-order valence-corrected chi connectivity index (χ3v) is 4.89. The van der Waals surface area contributed by atoms with E-state index in [1.807, 2.05) is 24.3 Å². The van der Waals surface area contributed by atoms with Crippen LogP contribution in [0.4, 0.5) is 0 Å². The molecule has 130 valence electrons. The molecule has 1 unspecified atom stereocenters. The number of methoxy groups -OCH3 is 1. The van der Waals surface area contributed by atoms with Crippen LogP contribution in [0.2, 0.25) is 0 Å². The van der Waals surface area contributed by atoms with Gasteiger partial charge in [0.05, 0.1) is 30.3 Å². The molecule has 26 heavy (non-hydrogen) atoms. The Bertz CT molecular complexity index is 1020. The number of rotatable bonds is 5. The third kappa shape index (κ3) is 2.97. The lowest BCUT2D eigenvalue weighted by molar-refractivity contribution is -0.141. The van der Waals surface area contributed by atoms with Crippen LogP contribution in [0.1, 0.15) is 30.5 Å². The van der Waals surface area contributed by atoms with Crippen LogP contribution in [-0.4, -0.2) is 43.3 Å². The van der Waals surface area contributed by atoms with E-state index < -0.39 is 11.9 Å². The summed E-state index contributed by atoms with van der Waals surface area (Å²) >= 11 is 1.20. The average molecular weight is 367 g/mol. The Hall–Kier alpha value is -3.06. The average Bonchev–Trinajstić information content (AvgIpc) is 3.41. The number of carbonyl (C=O) groups excluding carboxylic acids is 1. The number of nitrogens with zero attached hydrogens (tertiary/aromatic N) is 7. The van der Waals surface area contributed by atoms with E-state index in [0.29, 0.717) is 21.2 Å². The minimum Gasteiger partial charge on any atom is -0.468 e. The highest BCUT2D eigenvalue weighted by Crippen LogP contribution is 2.39. The van der Waals surface area contributed by atoms with Gasteiger partial charge in [-0.1, -0.05) is 12.1 Å². The van der Waals surface area contributed by atoms with Crippen LogP contribution in [0.15, 0.2) is 34.4 Å². The first-order valence-corrected chi connectivity index (χ1v) is 8.72. The van der Waals surface area contributed by atoms with Gasteiger partial charge < -0.3 is 4.74 Å². The summed E-state index contributed by atoms with van der Waals surface area (Å²) in [5.74, 6) is -1.86. The molecule has 10 heteroatoms. The Labute approximate surface area is 152 Å². The van der Waals surface area contributed by atoms with E-state index in [1.165, 1.54) is 18.9 Å². The molecule has 1 fully saturated rings. The van der Waals surface area contributed by atoms with E-state index in [-0.39, 0.29) is 11.7 Å². The lowest BCUT2D eigenvalue weighted by Gasteiger charge is -2.12. The topological polar surface area (TPSA) is 119 Å². The summed E-state index contributed by atoms with van der Waals surface area (Å²) in [5, 5.41) is 22.2. The van der Waals surface area contributed by atoms with Crippen molar-refractivity contribution in [3.05, 3.63) is 30.0 Å². The number of fused-ring (bicyclic) bond motifs is 1. The number of tetrazole rings is 1. The molecule has 0 bridgehead atoms. The van der Waals surface area contributed by atoms with Gasteiger partial charge in [0.25, 0.3) is 0 Å². The van der Waals surface area contributed by atoms with Gasteiger partial charge >= 0.3 is 5.97 Å². The van der Waals surface area contributed by atoms with Crippen LogP contribution in [0.25, 0.3) is 11.0 Å². The van der Waals surface area contributed by atoms with Gasteiger partial charge in [-0.25, -0.2) is 14.6 Å². The Balaban J connectivity index is 1.83. The van der Waals surface area contributed by atoms with Crippen LogP contribution >= 0.6 is 11.8 Å². The van der Waals surface area contributed by atoms with Crippen LogP contribution in [0.3, 0.4) is 0 Å². The van der Waals surface area contributed by atoms with Gasteiger partial charge in [-0.2, -0.15) is 5.26 Å². The highest BCUT2D eigenvalue weighted by molar-refractivity contribution is 7.99. The summed E-state index contributed by atoms with van der Waals surface area (Å²) in [6, 6.07) is 9.51. The lowest BCUT2D eigenvalue weighted by atomic mass is 10.1. The smallest absolute Gasteiger partial charge is 0.329 e. The fraction of sp³-hybridized carbons (Fsp3) is 0.312. The van der Waals surface area contributed by atoms with Crippen molar-refractivity contribution in [1.82, 2.24) is 30.2 Å². The van der Waals surface area contributed by atoms with E-state index in [4.69, 9.17) is 4.74 Å². The predicted molar refractivity (Wildman–Crippen MR) is 90.1 cm³/mol. The van der Waals surface area contributed by atoms with E-state index in [9.17, 15) is 10.1 Å². The van der Waals surface area contributed by atoms with Crippen LogP contribution in [0.5, 0.6) is 0 Å². The molecule has 1 aliphatic carbocycles. The zero-order valence-corrected chi connectivity index (χ0v) is 14.6. The first-order chi connectivity index (χ1) is 12.7. The van der Waals surface area contributed by atoms with Crippen molar-refractivity contribution in [2.45, 2.75) is 35.0 Å². The second kappa shape index (κ2) is 6.68. The zero-order chi connectivity index (χ0) is 18.1. The van der Waals surface area contributed by atoms with Gasteiger partial charge in [-0.05, 0) is 47.2 Å². The summed E-state index contributed by atoms with van der Waals surface area (Å²) < 4.78 is 6.49. The maximum atomic E-state index is 12.1. The van der Waals surface area contributed by atoms with Crippen molar-refractivity contribution in [1.29, 1.82) is 5.26 Å². The molecule has 0 amide bonds. The number of carbonyl (C=O) groups is 1. The highest BCUT2D eigenvalue weighted by Gasteiger charge is 2.31. The van der Waals surface area contributed by atoms with Gasteiger partial charge in [-0.15, -0.1) is 5.10 Å². The lowest BCUT2D eigenvalue weighted by Crippen LogP contribution is -2.16. The molecule has 1 saturated carbocycles. The Morgan fingerprint density at radius 2 is 2.08 bits per heavy atom. The van der Waals surface area contributed by atoms with Gasteiger partial charge in [0.1, 0.15) is 10.7 Å². The van der Waals surface area contributed by atoms with Gasteiger partial charge in [0.2, 0.25) is 5.16 Å². The summed E-state index contributed by atoms with van der Waals surface area (Å²) in [4.78, 5) is 21.1. The number of esters is 1. The summed E-state index contributed by atoms with van der Waals surface area (Å²) in [6.45, 7) is 0. The third-order valence-electron chi connectivity index (χ3n) is 3.95. The first-order valence-electron chi connectivity index (χ1n) is 7.91. The number of ether oxygens (including phenoxy) is 1. The maximum absolute atomic E-state index is 12.1. The molecule has 2 aromatic heterocycles. The molecule has 1 aliphatic rings. The molecule has 3 aromatic rings. The molecular weight excluding hydrogens is 354 g/mol. The van der Waals surface area contributed by atoms with Gasteiger partial charge in [0, 0.05) is 0 Å². The predicted octanol–water partition coefficient (Wildman–Crippen LogP) is 1.88. The molecule has 0 N–H and O–H groups in total. The zero-order valence-electron chi connectivity index (χ0n) is 13.7. The minimum atomic E-state index is -1.18. The van der Waals surface area contributed by atoms with Crippen molar-refractivity contribution in [3.63, 3.8) is 0 Å². The molecule has 0 radical (unpaired) electrons. The molecule has 1 atom stereocenters. The Morgan fingerprint density at radius 3 is 2.73 bits per heavy atom. The van der Waals surface area contributed by atoms with Crippen molar-refractivity contribution in [3.8, 4) is 6.07 Å². The number of aromatic nitrogens is 6. The van der Waals surface area contributed by atoms with Gasteiger partial charge in [0.15, 0.2) is 5.92 Å². The molecule has 0 spiro atoms. The second-order valence-electron chi connectivity index (χ2n) is 5.73. The number of para-hydroxylation sites is 2. The van der Waals surface area contributed by atoms with E-state index in [1.54, 1.807) is 10.7 Å². The normalized spacial score (nSPS) is 14.8. The van der Waals surface area contributed by atoms with Crippen molar-refractivity contribution in [2.75, 3.05) is 7.11 Å². The molecule has 0 saturated heterocycles. The molecule has 9 nitrogen and oxygen atoms in total. The molecule has 4 rings (SSSR count).